The van der Waals surface area contributed by atoms with Gasteiger partial charge in [-0.2, -0.15) is 0 Å². The summed E-state index contributed by atoms with van der Waals surface area (Å²) in [5.41, 5.74) is 0.297. The molecule has 19 heavy (non-hydrogen) atoms. The first-order valence-electron chi connectivity index (χ1n) is 5.73. The molecule has 3 nitrogen and oxygen atoms in total. The molecule has 0 bridgehead atoms. The zero-order chi connectivity index (χ0) is 14.0. The van der Waals surface area contributed by atoms with Crippen molar-refractivity contribution in [3.8, 4) is 0 Å². The lowest BCUT2D eigenvalue weighted by molar-refractivity contribution is 0.0773. The van der Waals surface area contributed by atoms with Gasteiger partial charge >= 0.3 is 0 Å². The highest BCUT2D eigenvalue weighted by molar-refractivity contribution is 9.10. The lowest BCUT2D eigenvalue weighted by Crippen LogP contribution is -2.26. The van der Waals surface area contributed by atoms with Crippen LogP contribution in [0.2, 0.25) is 0 Å². The summed E-state index contributed by atoms with van der Waals surface area (Å²) < 4.78 is 19.2. The fourth-order valence-electron chi connectivity index (χ4n) is 1.74. The fourth-order valence-corrected chi connectivity index (χ4v) is 2.16. The molecule has 0 atom stereocenters. The molecule has 1 amide bonds. The molecule has 0 aliphatic rings. The number of hydrogen-bond donors (Lipinski definition) is 0. The molecule has 0 unspecified atom stereocenters. The van der Waals surface area contributed by atoms with Gasteiger partial charge in [0.2, 0.25) is 0 Å². The lowest BCUT2D eigenvalue weighted by Gasteiger charge is -2.16. The van der Waals surface area contributed by atoms with Crippen LogP contribution in [0.5, 0.6) is 0 Å². The van der Waals surface area contributed by atoms with Crippen LogP contribution in [0, 0.1) is 12.7 Å². The number of nitrogens with zero attached hydrogens (tertiary/aromatic N) is 1. The molecule has 0 aliphatic heterocycles. The van der Waals surface area contributed by atoms with Gasteiger partial charge in [-0.05, 0) is 53.2 Å². The molecule has 1 heterocycles. The molecule has 0 saturated carbocycles. The van der Waals surface area contributed by atoms with E-state index in [1.165, 1.54) is 23.1 Å². The Morgan fingerprint density at radius 3 is 2.74 bits per heavy atom. The molecule has 0 radical (unpaired) electrons. The van der Waals surface area contributed by atoms with Crippen molar-refractivity contribution < 1.29 is 13.6 Å². The Morgan fingerprint density at radius 1 is 1.37 bits per heavy atom. The summed E-state index contributed by atoms with van der Waals surface area (Å²) in [4.78, 5) is 13.7. The number of aryl methyl sites for hydroxylation is 1. The minimum Gasteiger partial charge on any atom is -0.464 e. The van der Waals surface area contributed by atoms with Crippen LogP contribution in [-0.4, -0.2) is 17.9 Å². The molecular weight excluding hydrogens is 313 g/mol. The average molecular weight is 326 g/mol. The minimum atomic E-state index is -0.436. The Hall–Kier alpha value is -1.62. The van der Waals surface area contributed by atoms with Gasteiger partial charge in [-0.15, -0.1) is 0 Å². The topological polar surface area (TPSA) is 33.5 Å². The van der Waals surface area contributed by atoms with E-state index in [0.29, 0.717) is 22.3 Å². The third-order valence-electron chi connectivity index (χ3n) is 2.69. The summed E-state index contributed by atoms with van der Waals surface area (Å²) in [5.74, 6) is 0.790. The third kappa shape index (κ3) is 3.23. The van der Waals surface area contributed by atoms with Crippen molar-refractivity contribution >= 4 is 21.8 Å². The number of amides is 1. The maximum atomic E-state index is 13.2. The van der Waals surface area contributed by atoms with E-state index in [2.05, 4.69) is 15.9 Å². The number of hydrogen-bond acceptors (Lipinski definition) is 2. The van der Waals surface area contributed by atoms with E-state index in [-0.39, 0.29) is 5.91 Å². The predicted molar refractivity (Wildman–Crippen MR) is 73.3 cm³/mol. The van der Waals surface area contributed by atoms with Crippen molar-refractivity contribution in [3.63, 3.8) is 0 Å². The standard InChI is InChI=1S/C14H13BrFNO2/c1-9-3-5-11(19-9)8-17(2)14(18)12-7-10(16)4-6-13(12)15/h3-7H,8H2,1-2H3. The quantitative estimate of drug-likeness (QED) is 0.860. The van der Waals surface area contributed by atoms with Crippen molar-refractivity contribution in [2.24, 2.45) is 0 Å². The minimum absolute atomic E-state index is 0.263. The number of rotatable bonds is 3. The van der Waals surface area contributed by atoms with Gasteiger partial charge in [0.25, 0.3) is 5.91 Å². The van der Waals surface area contributed by atoms with Crippen LogP contribution in [0.3, 0.4) is 0 Å². The molecule has 2 aromatic rings. The van der Waals surface area contributed by atoms with Crippen LogP contribution in [0.25, 0.3) is 0 Å². The van der Waals surface area contributed by atoms with Gasteiger partial charge in [0.05, 0.1) is 12.1 Å². The lowest BCUT2D eigenvalue weighted by atomic mass is 10.2. The molecular formula is C14H13BrFNO2. The summed E-state index contributed by atoms with van der Waals surface area (Å²) in [7, 11) is 1.65. The zero-order valence-corrected chi connectivity index (χ0v) is 12.2. The van der Waals surface area contributed by atoms with E-state index >= 15 is 0 Å². The highest BCUT2D eigenvalue weighted by Gasteiger charge is 2.17. The maximum Gasteiger partial charge on any atom is 0.255 e. The average Bonchev–Trinajstić information content (AvgIpc) is 2.77. The molecule has 2 rings (SSSR count). The molecule has 0 N–H and O–H groups in total. The second-order valence-electron chi connectivity index (χ2n) is 4.30. The largest absolute Gasteiger partial charge is 0.464 e. The first kappa shape index (κ1) is 13.8. The van der Waals surface area contributed by atoms with Crippen LogP contribution in [-0.2, 0) is 6.54 Å². The highest BCUT2D eigenvalue weighted by Crippen LogP contribution is 2.20. The molecule has 0 fully saturated rings. The molecule has 0 saturated heterocycles. The fraction of sp³-hybridized carbons (Fsp3) is 0.214. The summed E-state index contributed by atoms with van der Waals surface area (Å²) in [6, 6.07) is 7.70. The van der Waals surface area contributed by atoms with Gasteiger partial charge in [-0.25, -0.2) is 4.39 Å². The molecule has 1 aromatic carbocycles. The number of furan rings is 1. The van der Waals surface area contributed by atoms with Crippen LogP contribution in [0.1, 0.15) is 21.9 Å². The van der Waals surface area contributed by atoms with E-state index in [0.717, 1.165) is 5.76 Å². The third-order valence-corrected chi connectivity index (χ3v) is 3.39. The molecule has 5 heteroatoms. The van der Waals surface area contributed by atoms with E-state index in [1.807, 2.05) is 19.1 Å². The molecule has 100 valence electrons. The number of carbonyl (C=O) groups is 1. The normalized spacial score (nSPS) is 10.5. The first-order chi connectivity index (χ1) is 8.97. The van der Waals surface area contributed by atoms with Gasteiger partial charge in [-0.3, -0.25) is 4.79 Å². The van der Waals surface area contributed by atoms with E-state index in [9.17, 15) is 9.18 Å². The Morgan fingerprint density at radius 2 is 2.11 bits per heavy atom. The Balaban J connectivity index is 2.16. The van der Waals surface area contributed by atoms with Gasteiger partial charge in [0.15, 0.2) is 0 Å². The predicted octanol–water partition coefficient (Wildman–Crippen LogP) is 3.76. The highest BCUT2D eigenvalue weighted by atomic mass is 79.9. The Kier molecular flexibility index (Phi) is 4.04. The molecule has 0 aliphatic carbocycles. The van der Waals surface area contributed by atoms with Gasteiger partial charge in [0.1, 0.15) is 17.3 Å². The van der Waals surface area contributed by atoms with E-state index in [1.54, 1.807) is 7.05 Å². The zero-order valence-electron chi connectivity index (χ0n) is 10.6. The van der Waals surface area contributed by atoms with Crippen LogP contribution in [0.15, 0.2) is 39.2 Å². The Bertz CT molecular complexity index is 609. The monoisotopic (exact) mass is 325 g/mol. The van der Waals surface area contributed by atoms with Crippen LogP contribution >= 0.6 is 15.9 Å². The second kappa shape index (κ2) is 5.57. The van der Waals surface area contributed by atoms with E-state index < -0.39 is 5.82 Å². The summed E-state index contributed by atoms with van der Waals surface area (Å²) >= 11 is 3.25. The van der Waals surface area contributed by atoms with Crippen molar-refractivity contribution in [1.82, 2.24) is 4.90 Å². The summed E-state index contributed by atoms with van der Waals surface area (Å²) in [6.45, 7) is 2.18. The van der Waals surface area contributed by atoms with Crippen molar-refractivity contribution in [2.75, 3.05) is 7.05 Å². The van der Waals surface area contributed by atoms with Gasteiger partial charge in [-0.1, -0.05) is 0 Å². The second-order valence-corrected chi connectivity index (χ2v) is 5.15. The van der Waals surface area contributed by atoms with Gasteiger partial charge in [0, 0.05) is 11.5 Å². The SMILES string of the molecule is Cc1ccc(CN(C)C(=O)c2cc(F)ccc2Br)o1. The maximum absolute atomic E-state index is 13.2. The van der Waals surface area contributed by atoms with E-state index in [4.69, 9.17) is 4.42 Å². The van der Waals surface area contributed by atoms with Crippen LogP contribution < -0.4 is 0 Å². The van der Waals surface area contributed by atoms with Crippen molar-refractivity contribution in [3.05, 3.63) is 57.7 Å². The summed E-state index contributed by atoms with van der Waals surface area (Å²) in [5, 5.41) is 0. The first-order valence-corrected chi connectivity index (χ1v) is 6.52. The number of benzene rings is 1. The number of carbonyl (C=O) groups excluding carboxylic acids is 1. The smallest absolute Gasteiger partial charge is 0.255 e. The summed E-state index contributed by atoms with van der Waals surface area (Å²) in [6.07, 6.45) is 0. The number of halogens is 2. The van der Waals surface area contributed by atoms with Crippen molar-refractivity contribution in [2.45, 2.75) is 13.5 Å². The Labute approximate surface area is 119 Å². The van der Waals surface area contributed by atoms with Crippen LogP contribution in [0.4, 0.5) is 4.39 Å². The molecule has 0 spiro atoms. The molecule has 1 aromatic heterocycles. The van der Waals surface area contributed by atoms with Gasteiger partial charge < -0.3 is 9.32 Å². The van der Waals surface area contributed by atoms with Crippen molar-refractivity contribution in [1.29, 1.82) is 0 Å².